The maximum atomic E-state index is 12.7. The number of anilines is 1. The summed E-state index contributed by atoms with van der Waals surface area (Å²) in [7, 11) is 0. The molecule has 1 atom stereocenters. The number of furan rings is 1. The molecule has 0 spiro atoms. The highest BCUT2D eigenvalue weighted by Gasteiger charge is 2.27. The lowest BCUT2D eigenvalue weighted by molar-refractivity contribution is -0.125. The lowest BCUT2D eigenvalue weighted by atomic mass is 9.97. The summed E-state index contributed by atoms with van der Waals surface area (Å²) >= 11 is 0. The van der Waals surface area contributed by atoms with Gasteiger partial charge in [0.1, 0.15) is 5.69 Å². The molecule has 8 nitrogen and oxygen atoms in total. The van der Waals surface area contributed by atoms with Crippen molar-refractivity contribution in [1.82, 2.24) is 15.5 Å². The Kier molecular flexibility index (Phi) is 4.96. The number of hydrogen-bond acceptors (Lipinski definition) is 7. The van der Waals surface area contributed by atoms with Gasteiger partial charge in [0.2, 0.25) is 12.7 Å². The number of carbonyl (C=O) groups excluding carboxylic acids is 1. The Hall–Kier alpha value is -3.55. The van der Waals surface area contributed by atoms with Gasteiger partial charge in [-0.3, -0.25) is 4.79 Å². The maximum Gasteiger partial charge on any atom is 0.231 e. The number of carbonyl (C=O) groups is 1. The molecule has 0 bridgehead atoms. The third kappa shape index (κ3) is 3.80. The number of rotatable bonds is 5. The molecule has 2 aliphatic heterocycles. The van der Waals surface area contributed by atoms with Gasteiger partial charge in [-0.25, -0.2) is 0 Å². The number of amides is 1. The number of ether oxygens (including phenoxy) is 2. The Balaban J connectivity index is 1.19. The summed E-state index contributed by atoms with van der Waals surface area (Å²) in [5.41, 5.74) is 1.68. The molecule has 0 unspecified atom stereocenters. The summed E-state index contributed by atoms with van der Waals surface area (Å²) in [6, 6.07) is 13.2. The zero-order valence-corrected chi connectivity index (χ0v) is 16.4. The zero-order valence-electron chi connectivity index (χ0n) is 16.4. The minimum Gasteiger partial charge on any atom is -0.463 e. The normalized spacial score (nSPS) is 17.7. The summed E-state index contributed by atoms with van der Waals surface area (Å²) in [5.74, 6) is 2.90. The van der Waals surface area contributed by atoms with E-state index in [1.807, 2.05) is 42.5 Å². The van der Waals surface area contributed by atoms with Crippen molar-refractivity contribution in [3.8, 4) is 23.0 Å². The van der Waals surface area contributed by atoms with Crippen LogP contribution in [0.25, 0.3) is 11.5 Å². The Bertz CT molecular complexity index is 1020. The molecule has 1 N–H and O–H groups in total. The van der Waals surface area contributed by atoms with Crippen LogP contribution in [0.4, 0.5) is 5.82 Å². The van der Waals surface area contributed by atoms with Gasteiger partial charge in [-0.15, -0.1) is 10.2 Å². The van der Waals surface area contributed by atoms with Gasteiger partial charge in [0.15, 0.2) is 23.1 Å². The van der Waals surface area contributed by atoms with E-state index in [0.29, 0.717) is 24.5 Å². The van der Waals surface area contributed by atoms with E-state index in [2.05, 4.69) is 20.4 Å². The Morgan fingerprint density at radius 2 is 2.07 bits per heavy atom. The molecule has 4 heterocycles. The fraction of sp³-hybridized carbons (Fsp3) is 0.318. The molecule has 0 aliphatic carbocycles. The largest absolute Gasteiger partial charge is 0.463 e. The van der Waals surface area contributed by atoms with Crippen molar-refractivity contribution in [2.45, 2.75) is 19.4 Å². The average Bonchev–Trinajstić information content (AvgIpc) is 3.49. The standard InChI is InChI=1S/C22H22N4O4/c27-22(23-12-15-5-7-19-20(11-15)30-14-29-19)16-3-1-9-26(13-16)21-8-6-17(24-25-21)18-4-2-10-28-18/h2,4-8,10-11,16H,1,3,9,12-14H2,(H,23,27)/t16-/m1/s1. The van der Waals surface area contributed by atoms with Gasteiger partial charge in [0.25, 0.3) is 0 Å². The van der Waals surface area contributed by atoms with Crippen molar-refractivity contribution in [3.63, 3.8) is 0 Å². The smallest absolute Gasteiger partial charge is 0.231 e. The van der Waals surface area contributed by atoms with Gasteiger partial charge in [0.05, 0.1) is 12.2 Å². The maximum absolute atomic E-state index is 12.7. The van der Waals surface area contributed by atoms with Crippen LogP contribution in [0.5, 0.6) is 11.5 Å². The molecule has 1 aromatic carbocycles. The summed E-state index contributed by atoms with van der Waals surface area (Å²) in [6.07, 6.45) is 3.41. The first-order valence-electron chi connectivity index (χ1n) is 10.0. The second kappa shape index (κ2) is 8.06. The number of hydrogen-bond donors (Lipinski definition) is 1. The van der Waals surface area contributed by atoms with Crippen LogP contribution in [0.3, 0.4) is 0 Å². The first kappa shape index (κ1) is 18.5. The van der Waals surface area contributed by atoms with Crippen LogP contribution in [0.15, 0.2) is 53.1 Å². The van der Waals surface area contributed by atoms with Gasteiger partial charge < -0.3 is 24.1 Å². The Morgan fingerprint density at radius 1 is 1.13 bits per heavy atom. The van der Waals surface area contributed by atoms with E-state index in [9.17, 15) is 4.79 Å². The third-order valence-corrected chi connectivity index (χ3v) is 5.44. The van der Waals surface area contributed by atoms with E-state index < -0.39 is 0 Å². The van der Waals surface area contributed by atoms with E-state index in [-0.39, 0.29) is 18.6 Å². The van der Waals surface area contributed by atoms with Crippen molar-refractivity contribution in [1.29, 1.82) is 0 Å². The monoisotopic (exact) mass is 406 g/mol. The molecular weight excluding hydrogens is 384 g/mol. The molecule has 1 fully saturated rings. The first-order chi connectivity index (χ1) is 14.8. The van der Waals surface area contributed by atoms with Crippen molar-refractivity contribution in [2.24, 2.45) is 5.92 Å². The fourth-order valence-electron chi connectivity index (χ4n) is 3.83. The molecule has 2 aromatic heterocycles. The fourth-order valence-corrected chi connectivity index (χ4v) is 3.83. The summed E-state index contributed by atoms with van der Waals surface area (Å²) in [5, 5.41) is 11.6. The number of fused-ring (bicyclic) bond motifs is 1. The second-order valence-corrected chi connectivity index (χ2v) is 7.44. The topological polar surface area (TPSA) is 89.7 Å². The van der Waals surface area contributed by atoms with Gasteiger partial charge >= 0.3 is 0 Å². The highest BCUT2D eigenvalue weighted by Crippen LogP contribution is 2.32. The first-order valence-corrected chi connectivity index (χ1v) is 10.0. The molecule has 0 saturated carbocycles. The van der Waals surface area contributed by atoms with E-state index in [1.165, 1.54) is 0 Å². The second-order valence-electron chi connectivity index (χ2n) is 7.44. The molecule has 8 heteroatoms. The van der Waals surface area contributed by atoms with Crippen molar-refractivity contribution in [3.05, 3.63) is 54.3 Å². The highest BCUT2D eigenvalue weighted by molar-refractivity contribution is 5.79. The zero-order chi connectivity index (χ0) is 20.3. The Labute approximate surface area is 173 Å². The molecule has 30 heavy (non-hydrogen) atoms. The summed E-state index contributed by atoms with van der Waals surface area (Å²) < 4.78 is 16.1. The van der Waals surface area contributed by atoms with Crippen LogP contribution in [0, 0.1) is 5.92 Å². The molecular formula is C22H22N4O4. The molecule has 1 saturated heterocycles. The van der Waals surface area contributed by atoms with Gasteiger partial charge in [-0.2, -0.15) is 0 Å². The minimum atomic E-state index is -0.0840. The SMILES string of the molecule is O=C(NCc1ccc2c(c1)OCO2)[C@@H]1CCCN(c2ccc(-c3ccco3)nn2)C1. The number of piperidine rings is 1. The quantitative estimate of drug-likeness (QED) is 0.697. The number of nitrogens with zero attached hydrogens (tertiary/aromatic N) is 3. The molecule has 154 valence electrons. The average molecular weight is 406 g/mol. The lowest BCUT2D eigenvalue weighted by Crippen LogP contribution is -2.43. The number of nitrogens with one attached hydrogen (secondary N) is 1. The van der Waals surface area contributed by atoms with E-state index in [4.69, 9.17) is 13.9 Å². The molecule has 0 radical (unpaired) electrons. The van der Waals surface area contributed by atoms with Gasteiger partial charge in [-0.1, -0.05) is 6.07 Å². The summed E-state index contributed by atoms with van der Waals surface area (Å²) in [6.45, 7) is 2.19. The van der Waals surface area contributed by atoms with Crippen LogP contribution in [0.2, 0.25) is 0 Å². The molecule has 5 rings (SSSR count). The van der Waals surface area contributed by atoms with Crippen LogP contribution in [-0.4, -0.2) is 36.0 Å². The van der Waals surface area contributed by atoms with E-state index >= 15 is 0 Å². The third-order valence-electron chi connectivity index (χ3n) is 5.44. The number of benzene rings is 1. The molecule has 1 amide bonds. The van der Waals surface area contributed by atoms with Crippen LogP contribution in [0.1, 0.15) is 18.4 Å². The lowest BCUT2D eigenvalue weighted by Gasteiger charge is -2.32. The predicted molar refractivity (Wildman–Crippen MR) is 109 cm³/mol. The number of aromatic nitrogens is 2. The highest BCUT2D eigenvalue weighted by atomic mass is 16.7. The van der Waals surface area contributed by atoms with Crippen molar-refractivity contribution >= 4 is 11.7 Å². The van der Waals surface area contributed by atoms with Crippen LogP contribution in [-0.2, 0) is 11.3 Å². The van der Waals surface area contributed by atoms with Crippen molar-refractivity contribution < 1.29 is 18.7 Å². The van der Waals surface area contributed by atoms with Gasteiger partial charge in [-0.05, 0) is 54.8 Å². The Morgan fingerprint density at radius 3 is 2.90 bits per heavy atom. The van der Waals surface area contributed by atoms with Crippen LogP contribution < -0.4 is 19.7 Å². The van der Waals surface area contributed by atoms with E-state index in [0.717, 1.165) is 42.3 Å². The minimum absolute atomic E-state index is 0.0533. The summed E-state index contributed by atoms with van der Waals surface area (Å²) in [4.78, 5) is 14.9. The predicted octanol–water partition coefficient (Wildman–Crippen LogP) is 3.00. The van der Waals surface area contributed by atoms with E-state index in [1.54, 1.807) is 6.26 Å². The van der Waals surface area contributed by atoms with Crippen molar-refractivity contribution in [2.75, 3.05) is 24.8 Å². The van der Waals surface area contributed by atoms with Crippen LogP contribution >= 0.6 is 0 Å². The molecule has 3 aromatic rings. The molecule has 2 aliphatic rings. The van der Waals surface area contributed by atoms with Gasteiger partial charge in [0, 0.05) is 19.6 Å².